The highest BCUT2D eigenvalue weighted by Gasteiger charge is 2.18. The van der Waals surface area contributed by atoms with Crippen LogP contribution in [-0.4, -0.2) is 173 Å². The predicted molar refractivity (Wildman–Crippen MR) is 307 cm³/mol. The van der Waals surface area contributed by atoms with Crippen LogP contribution in [0.1, 0.15) is 53.2 Å². The van der Waals surface area contributed by atoms with Gasteiger partial charge in [-0.3, -0.25) is 19.5 Å². The minimum absolute atomic E-state index is 0.114. The number of halogens is 1. The smallest absolute Gasteiger partial charge is 0.160 e. The maximum Gasteiger partial charge on any atom is 0.160 e. The molecule has 4 fully saturated rings. The van der Waals surface area contributed by atoms with Gasteiger partial charge in [-0.25, -0.2) is 4.39 Å². The highest BCUT2D eigenvalue weighted by Crippen LogP contribution is 2.28. The van der Waals surface area contributed by atoms with Crippen molar-refractivity contribution < 1.29 is 9.18 Å². The zero-order valence-corrected chi connectivity index (χ0v) is 45.3. The maximum absolute atomic E-state index is 14.4. The number of likely N-dealkylation sites (N-methyl/N-ethyl adjacent to an activating group) is 4. The van der Waals surface area contributed by atoms with Crippen LogP contribution in [0.15, 0.2) is 146 Å². The minimum atomic E-state index is -0.129. The molecule has 4 heterocycles. The third-order valence-electron chi connectivity index (χ3n) is 15.4. The molecule has 0 aromatic heterocycles. The summed E-state index contributed by atoms with van der Waals surface area (Å²) >= 11 is 0. The summed E-state index contributed by atoms with van der Waals surface area (Å²) in [5, 5.41) is 0. The Morgan fingerprint density at radius 3 is 1.30 bits per heavy atom. The fraction of sp³-hybridized carbons (Fsp3) is 0.422. The first kappa shape index (κ1) is 54.7. The molecule has 4 aliphatic heterocycles. The molecule has 4 saturated heterocycles. The molecule has 4 aliphatic rings. The zero-order valence-electron chi connectivity index (χ0n) is 45.3. The number of hydrogen-bond donors (Lipinski definition) is 0. The second kappa shape index (κ2) is 27.8. The van der Waals surface area contributed by atoms with Crippen molar-refractivity contribution in [1.29, 1.82) is 0 Å². The number of anilines is 1. The van der Waals surface area contributed by atoms with Crippen LogP contribution < -0.4 is 4.90 Å². The van der Waals surface area contributed by atoms with Gasteiger partial charge in [0.05, 0.1) is 0 Å². The van der Waals surface area contributed by atoms with Crippen molar-refractivity contribution in [3.05, 3.63) is 174 Å². The van der Waals surface area contributed by atoms with Crippen molar-refractivity contribution in [2.75, 3.05) is 138 Å². The SMILES string of the molecule is CC(=O)c1ccccc1-c1ccc(CN2CCCN(C)CC2)cc1.CN1CCCN(Cc2ccc(-c3ccc(N4CCN(C)CC4)cc3)cc2)CC1.CN1CCCN(Cc2ccc(-c3ccccc3)c(F)c2)CC1. The number of ketones is 1. The average molecular weight is 999 g/mol. The van der Waals surface area contributed by atoms with Crippen LogP contribution in [0.5, 0.6) is 0 Å². The summed E-state index contributed by atoms with van der Waals surface area (Å²) in [6, 6.07) is 50.2. The van der Waals surface area contributed by atoms with E-state index < -0.39 is 0 Å². The van der Waals surface area contributed by atoms with Gasteiger partial charge in [-0.1, -0.05) is 127 Å². The van der Waals surface area contributed by atoms with Crippen LogP contribution in [0.2, 0.25) is 0 Å². The van der Waals surface area contributed by atoms with Crippen molar-refractivity contribution in [2.24, 2.45) is 0 Å². The topological polar surface area (TPSA) is 43.0 Å². The number of piperazine rings is 1. The van der Waals surface area contributed by atoms with Crippen molar-refractivity contribution >= 4 is 11.5 Å². The van der Waals surface area contributed by atoms with Gasteiger partial charge < -0.3 is 24.5 Å². The predicted octanol–water partition coefficient (Wildman–Crippen LogP) is 10.6. The van der Waals surface area contributed by atoms with E-state index in [1.54, 1.807) is 13.0 Å². The molecular weight excluding hydrogens is 916 g/mol. The average Bonchev–Trinajstić information content (AvgIpc) is 3.87. The van der Waals surface area contributed by atoms with Crippen LogP contribution in [0.4, 0.5) is 10.1 Å². The summed E-state index contributed by atoms with van der Waals surface area (Å²) in [5.74, 6) is -0.0148. The van der Waals surface area contributed by atoms with Crippen molar-refractivity contribution in [3.63, 3.8) is 0 Å². The third-order valence-corrected chi connectivity index (χ3v) is 15.4. The molecule has 0 spiro atoms. The molecule has 0 saturated carbocycles. The summed E-state index contributed by atoms with van der Waals surface area (Å²) in [4.78, 5) is 31.4. The molecule has 0 unspecified atom stereocenters. The van der Waals surface area contributed by atoms with Crippen LogP contribution in [0.25, 0.3) is 33.4 Å². The van der Waals surface area contributed by atoms with E-state index in [9.17, 15) is 9.18 Å². The number of benzene rings is 6. The lowest BCUT2D eigenvalue weighted by Gasteiger charge is -2.34. The summed E-state index contributed by atoms with van der Waals surface area (Å²) in [6.07, 6.45) is 3.69. The molecule has 392 valence electrons. The minimum Gasteiger partial charge on any atom is -0.369 e. The Bertz CT molecular complexity index is 2620. The number of hydrogen-bond acceptors (Lipinski definition) is 9. The Kier molecular flexibility index (Phi) is 20.6. The zero-order chi connectivity index (χ0) is 51.7. The van der Waals surface area contributed by atoms with E-state index in [4.69, 9.17) is 0 Å². The Hall–Kier alpha value is -5.56. The van der Waals surface area contributed by atoms with E-state index in [2.05, 4.69) is 146 Å². The van der Waals surface area contributed by atoms with Gasteiger partial charge >= 0.3 is 0 Å². The van der Waals surface area contributed by atoms with Crippen LogP contribution in [0, 0.1) is 5.82 Å². The summed E-state index contributed by atoms with van der Waals surface area (Å²) in [5.41, 5.74) is 12.3. The van der Waals surface area contributed by atoms with E-state index in [1.807, 2.05) is 60.7 Å². The first-order valence-electron chi connectivity index (χ1n) is 27.4. The highest BCUT2D eigenvalue weighted by molar-refractivity contribution is 6.00. The molecule has 10 heteroatoms. The third kappa shape index (κ3) is 16.5. The molecule has 74 heavy (non-hydrogen) atoms. The van der Waals surface area contributed by atoms with Crippen molar-refractivity contribution in [2.45, 2.75) is 45.8 Å². The van der Waals surface area contributed by atoms with Gasteiger partial charge in [0.1, 0.15) is 5.82 Å². The van der Waals surface area contributed by atoms with Crippen LogP contribution in [-0.2, 0) is 19.6 Å². The molecule has 0 aliphatic carbocycles. The van der Waals surface area contributed by atoms with E-state index >= 15 is 0 Å². The van der Waals surface area contributed by atoms with Gasteiger partial charge in [0.15, 0.2) is 5.78 Å². The van der Waals surface area contributed by atoms with Gasteiger partial charge in [-0.15, -0.1) is 0 Å². The molecule has 6 aromatic rings. The lowest BCUT2D eigenvalue weighted by atomic mass is 9.97. The van der Waals surface area contributed by atoms with Crippen LogP contribution >= 0.6 is 0 Å². The Labute approximate surface area is 443 Å². The Balaban J connectivity index is 0.000000149. The molecular formula is C64H83FN8O. The number of carbonyl (C=O) groups excluding carboxylic acids is 1. The van der Waals surface area contributed by atoms with E-state index in [0.29, 0.717) is 5.56 Å². The molecule has 0 N–H and O–H groups in total. The quantitative estimate of drug-likeness (QED) is 0.118. The fourth-order valence-corrected chi connectivity index (χ4v) is 10.6. The number of rotatable bonds is 11. The molecule has 0 atom stereocenters. The van der Waals surface area contributed by atoms with Gasteiger partial charge in [0, 0.05) is 102 Å². The summed E-state index contributed by atoms with van der Waals surface area (Å²) in [6.45, 7) is 22.9. The van der Waals surface area contributed by atoms with Crippen LogP contribution in [0.3, 0.4) is 0 Å². The summed E-state index contributed by atoms with van der Waals surface area (Å²) < 4.78 is 14.4. The van der Waals surface area contributed by atoms with Gasteiger partial charge in [-0.05, 0) is 156 Å². The summed E-state index contributed by atoms with van der Waals surface area (Å²) in [7, 11) is 8.80. The fourth-order valence-electron chi connectivity index (χ4n) is 10.6. The molecule has 0 amide bonds. The normalized spacial score (nSPS) is 18.3. The van der Waals surface area contributed by atoms with E-state index in [0.717, 1.165) is 113 Å². The second-order valence-corrected chi connectivity index (χ2v) is 21.3. The van der Waals surface area contributed by atoms with E-state index in [1.165, 1.54) is 86.5 Å². The maximum atomic E-state index is 14.4. The Morgan fingerprint density at radius 1 is 0.392 bits per heavy atom. The number of Topliss-reactive ketones (excluding diaryl/α,β-unsaturated/α-hetero) is 1. The lowest BCUT2D eigenvalue weighted by Crippen LogP contribution is -2.44. The largest absolute Gasteiger partial charge is 0.369 e. The second-order valence-electron chi connectivity index (χ2n) is 21.3. The van der Waals surface area contributed by atoms with Gasteiger partial charge in [0.25, 0.3) is 0 Å². The van der Waals surface area contributed by atoms with Crippen molar-refractivity contribution in [1.82, 2.24) is 34.3 Å². The molecule has 9 nitrogen and oxygen atoms in total. The Morgan fingerprint density at radius 2 is 0.797 bits per heavy atom. The first-order valence-corrected chi connectivity index (χ1v) is 27.4. The molecule has 6 aromatic carbocycles. The van der Waals surface area contributed by atoms with Crippen molar-refractivity contribution in [3.8, 4) is 33.4 Å². The highest BCUT2D eigenvalue weighted by atomic mass is 19.1. The molecule has 10 rings (SSSR count). The van der Waals surface area contributed by atoms with Gasteiger partial charge in [0.2, 0.25) is 0 Å². The standard InChI is InChI=1S/C24H34N4.C21H26N2O.C19H23FN2/c1-25-12-3-13-27(17-14-25)20-21-4-6-22(7-5-21)23-8-10-24(11-9-23)28-18-15-26(2)16-19-28;1-17(24)20-6-3-4-7-21(20)19-10-8-18(9-11-19)16-23-13-5-12-22(2)14-15-23;1-21-10-5-11-22(13-12-21)15-16-8-9-18(19(20)14-16)17-6-3-2-4-7-17/h4-11H,3,12-20H2,1-2H3;3-4,6-11H,5,12-16H2,1-2H3;2-4,6-9,14H,5,10-13,15H2,1H3. The first-order chi connectivity index (χ1) is 36.0. The van der Waals surface area contributed by atoms with Gasteiger partial charge in [-0.2, -0.15) is 0 Å². The number of nitrogens with zero attached hydrogens (tertiary/aromatic N) is 8. The molecule has 0 bridgehead atoms. The molecule has 0 radical (unpaired) electrons. The monoisotopic (exact) mass is 999 g/mol. The van der Waals surface area contributed by atoms with E-state index in [-0.39, 0.29) is 11.6 Å². The lowest BCUT2D eigenvalue weighted by molar-refractivity contribution is 0.101. The number of carbonyl (C=O) groups is 1.